The first-order valence-electron chi connectivity index (χ1n) is 14.3. The van der Waals surface area contributed by atoms with Gasteiger partial charge in [-0.15, -0.1) is 0 Å². The quantitative estimate of drug-likeness (QED) is 0.459. The normalized spacial score (nSPS) is 18.1. The molecule has 2 aromatic carbocycles. The highest BCUT2D eigenvalue weighted by Crippen LogP contribution is 2.33. The lowest BCUT2D eigenvalue weighted by Gasteiger charge is -2.32. The van der Waals surface area contributed by atoms with Crippen LogP contribution in [0.3, 0.4) is 0 Å². The van der Waals surface area contributed by atoms with Crippen LogP contribution >= 0.6 is 0 Å². The summed E-state index contributed by atoms with van der Waals surface area (Å²) >= 11 is 0. The van der Waals surface area contributed by atoms with Gasteiger partial charge in [0.25, 0.3) is 0 Å². The summed E-state index contributed by atoms with van der Waals surface area (Å²) in [7, 11) is 0. The van der Waals surface area contributed by atoms with Crippen molar-refractivity contribution in [1.29, 1.82) is 0 Å². The summed E-state index contributed by atoms with van der Waals surface area (Å²) in [6, 6.07) is 11.0. The fraction of sp³-hybridized carbons (Fsp3) is 0.467. The number of urea groups is 1. The number of fused-ring (bicyclic) bond motifs is 1. The number of carbonyl (C=O) groups is 2. The van der Waals surface area contributed by atoms with Crippen molar-refractivity contribution in [3.05, 3.63) is 54.2 Å². The Morgan fingerprint density at radius 2 is 1.77 bits per heavy atom. The molecule has 3 aliphatic rings. The number of hydrogen-bond donors (Lipinski definition) is 1. The Kier molecular flexibility index (Phi) is 7.66. The lowest BCUT2D eigenvalue weighted by atomic mass is 9.91. The van der Waals surface area contributed by atoms with Crippen molar-refractivity contribution in [2.75, 3.05) is 56.1 Å². The van der Waals surface area contributed by atoms with Crippen LogP contribution in [-0.2, 0) is 4.79 Å². The zero-order valence-corrected chi connectivity index (χ0v) is 22.6. The third-order valence-electron chi connectivity index (χ3n) is 8.27. The van der Waals surface area contributed by atoms with E-state index in [1.54, 1.807) is 11.0 Å². The Morgan fingerprint density at radius 1 is 1.00 bits per heavy atom. The summed E-state index contributed by atoms with van der Waals surface area (Å²) in [6.45, 7) is 4.76. The number of ether oxygens (including phenoxy) is 1. The Labute approximate surface area is 233 Å². The maximum absolute atomic E-state index is 15.0. The first-order valence-corrected chi connectivity index (χ1v) is 14.3. The van der Waals surface area contributed by atoms with E-state index >= 15 is 4.39 Å². The van der Waals surface area contributed by atoms with E-state index < -0.39 is 5.82 Å². The molecule has 3 aromatic rings. The maximum Gasteiger partial charge on any atom is 0.321 e. The molecule has 6 rings (SSSR count). The van der Waals surface area contributed by atoms with E-state index in [1.165, 1.54) is 30.9 Å². The second kappa shape index (κ2) is 11.7. The van der Waals surface area contributed by atoms with Crippen LogP contribution in [0.5, 0.6) is 5.75 Å². The number of benzene rings is 2. The molecule has 1 N–H and O–H groups in total. The van der Waals surface area contributed by atoms with Crippen LogP contribution in [0, 0.1) is 5.82 Å². The molecule has 0 radical (unpaired) electrons. The average Bonchev–Trinajstić information content (AvgIpc) is 3.66. The molecule has 4 heterocycles. The Balaban J connectivity index is 1.05. The van der Waals surface area contributed by atoms with Gasteiger partial charge in [-0.1, -0.05) is 0 Å². The molecule has 0 bridgehead atoms. The van der Waals surface area contributed by atoms with Crippen molar-refractivity contribution < 1.29 is 18.7 Å². The lowest BCUT2D eigenvalue weighted by molar-refractivity contribution is -0.128. The van der Waals surface area contributed by atoms with E-state index in [-0.39, 0.29) is 30.2 Å². The van der Waals surface area contributed by atoms with Crippen molar-refractivity contribution in [2.24, 2.45) is 0 Å². The molecular formula is C30H35FN6O3. The highest BCUT2D eigenvalue weighted by atomic mass is 19.1. The monoisotopic (exact) mass is 546 g/mol. The smallest absolute Gasteiger partial charge is 0.321 e. The molecule has 9 nitrogen and oxygen atoms in total. The van der Waals surface area contributed by atoms with E-state index in [1.807, 2.05) is 17.0 Å². The number of piperidine rings is 1. The standard InChI is InChI=1S/C30H35FN6O3/c31-25-18-24-26(19-27(25)40-17-16-36-13-3-4-28(36)38)32-20-33-29(24)21-9-14-37(15-10-21)30(39)34-22-5-7-23(8-6-22)35-11-1-2-12-35/h5-8,18-21H,1-4,9-17H2,(H,34,39). The number of nitrogens with one attached hydrogen (secondary N) is 1. The van der Waals surface area contributed by atoms with Crippen LogP contribution in [-0.4, -0.2) is 77.6 Å². The Bertz CT molecular complexity index is 1370. The third-order valence-corrected chi connectivity index (χ3v) is 8.27. The van der Waals surface area contributed by atoms with Crippen molar-refractivity contribution in [3.63, 3.8) is 0 Å². The molecule has 3 saturated heterocycles. The van der Waals surface area contributed by atoms with E-state index in [0.717, 1.165) is 50.3 Å². The number of nitrogens with zero attached hydrogens (tertiary/aromatic N) is 5. The van der Waals surface area contributed by atoms with Gasteiger partial charge in [-0.25, -0.2) is 19.2 Å². The summed E-state index contributed by atoms with van der Waals surface area (Å²) < 4.78 is 20.7. The van der Waals surface area contributed by atoms with E-state index in [2.05, 4.69) is 32.3 Å². The first kappa shape index (κ1) is 26.3. The summed E-state index contributed by atoms with van der Waals surface area (Å²) in [5, 5.41) is 3.69. The molecule has 0 saturated carbocycles. The molecule has 0 aliphatic carbocycles. The number of aromatic nitrogens is 2. The minimum Gasteiger partial charge on any atom is -0.489 e. The second-order valence-electron chi connectivity index (χ2n) is 10.8. The molecule has 40 heavy (non-hydrogen) atoms. The number of likely N-dealkylation sites (tertiary alicyclic amines) is 2. The number of hydrogen-bond acceptors (Lipinski definition) is 6. The molecule has 0 unspecified atom stereocenters. The maximum atomic E-state index is 15.0. The van der Waals surface area contributed by atoms with E-state index in [4.69, 9.17) is 4.74 Å². The largest absolute Gasteiger partial charge is 0.489 e. The molecular weight excluding hydrogens is 511 g/mol. The van der Waals surface area contributed by atoms with Gasteiger partial charge in [-0.2, -0.15) is 0 Å². The predicted molar refractivity (Wildman–Crippen MR) is 151 cm³/mol. The molecule has 0 atom stereocenters. The highest BCUT2D eigenvalue weighted by Gasteiger charge is 2.27. The summed E-state index contributed by atoms with van der Waals surface area (Å²) in [6.07, 6.45) is 6.86. The molecule has 10 heteroatoms. The van der Waals surface area contributed by atoms with Gasteiger partial charge in [0.15, 0.2) is 11.6 Å². The minimum absolute atomic E-state index is 0.0987. The summed E-state index contributed by atoms with van der Waals surface area (Å²) in [4.78, 5) is 39.5. The number of carbonyl (C=O) groups excluding carboxylic acids is 2. The van der Waals surface area contributed by atoms with Gasteiger partial charge in [-0.3, -0.25) is 4.79 Å². The van der Waals surface area contributed by atoms with Gasteiger partial charge < -0.3 is 24.8 Å². The molecule has 3 aliphatic heterocycles. The van der Waals surface area contributed by atoms with Gasteiger partial charge in [0.2, 0.25) is 5.91 Å². The number of halogens is 1. The van der Waals surface area contributed by atoms with Crippen LogP contribution in [0.15, 0.2) is 42.7 Å². The van der Waals surface area contributed by atoms with Gasteiger partial charge in [-0.05, 0) is 62.4 Å². The van der Waals surface area contributed by atoms with Crippen LogP contribution in [0.4, 0.5) is 20.6 Å². The van der Waals surface area contributed by atoms with Gasteiger partial charge >= 0.3 is 6.03 Å². The van der Waals surface area contributed by atoms with Gasteiger partial charge in [0, 0.05) is 67.9 Å². The minimum atomic E-state index is -0.469. The molecule has 0 spiro atoms. The SMILES string of the molecule is O=C1CCCN1CCOc1cc2ncnc(C3CCN(C(=O)Nc4ccc(N5CCCC5)cc4)CC3)c2cc1F. The highest BCUT2D eigenvalue weighted by molar-refractivity contribution is 5.89. The number of anilines is 2. The third kappa shape index (κ3) is 5.66. The fourth-order valence-electron chi connectivity index (χ4n) is 6.01. The van der Waals surface area contributed by atoms with Crippen LogP contribution in [0.25, 0.3) is 10.9 Å². The van der Waals surface area contributed by atoms with Gasteiger partial charge in [0.05, 0.1) is 17.8 Å². The molecule has 210 valence electrons. The average molecular weight is 547 g/mol. The topological polar surface area (TPSA) is 90.9 Å². The summed E-state index contributed by atoms with van der Waals surface area (Å²) in [5.74, 6) is -0.121. The predicted octanol–water partition coefficient (Wildman–Crippen LogP) is 4.78. The zero-order chi connectivity index (χ0) is 27.5. The van der Waals surface area contributed by atoms with Crippen molar-refractivity contribution in [3.8, 4) is 5.75 Å². The lowest BCUT2D eigenvalue weighted by Crippen LogP contribution is -2.40. The van der Waals surface area contributed by atoms with Crippen molar-refractivity contribution in [1.82, 2.24) is 19.8 Å². The molecule has 3 fully saturated rings. The summed E-state index contributed by atoms with van der Waals surface area (Å²) in [5.41, 5.74) is 3.41. The van der Waals surface area contributed by atoms with Crippen LogP contribution < -0.4 is 15.0 Å². The molecule has 1 aromatic heterocycles. The van der Waals surface area contributed by atoms with Crippen molar-refractivity contribution >= 4 is 34.2 Å². The second-order valence-corrected chi connectivity index (χ2v) is 10.8. The van der Waals surface area contributed by atoms with Crippen LogP contribution in [0.1, 0.15) is 50.1 Å². The zero-order valence-electron chi connectivity index (χ0n) is 22.6. The fourth-order valence-corrected chi connectivity index (χ4v) is 6.01. The van der Waals surface area contributed by atoms with Gasteiger partial charge in [0.1, 0.15) is 12.9 Å². The Morgan fingerprint density at radius 3 is 2.50 bits per heavy atom. The van der Waals surface area contributed by atoms with E-state index in [0.29, 0.717) is 37.0 Å². The van der Waals surface area contributed by atoms with Crippen LogP contribution in [0.2, 0.25) is 0 Å². The Hall–Kier alpha value is -3.95. The number of amides is 3. The first-order chi connectivity index (χ1) is 19.5. The molecule has 3 amide bonds. The number of rotatable bonds is 7. The van der Waals surface area contributed by atoms with Crippen molar-refractivity contribution in [2.45, 2.75) is 44.4 Å². The van der Waals surface area contributed by atoms with E-state index in [9.17, 15) is 9.59 Å².